The fraction of sp³-hybridized carbons (Fsp3) is 0.500. The summed E-state index contributed by atoms with van der Waals surface area (Å²) in [5.74, 6) is -0.618. The molecule has 8 heteroatoms. The maximum atomic E-state index is 12.3. The molecule has 1 aliphatic heterocycles. The van der Waals surface area contributed by atoms with Crippen molar-refractivity contribution in [1.82, 2.24) is 4.72 Å². The van der Waals surface area contributed by atoms with Crippen molar-refractivity contribution in [3.8, 4) is 0 Å². The second kappa shape index (κ2) is 7.41. The topological polar surface area (TPSA) is 81.7 Å². The number of hydrogen-bond acceptors (Lipinski definition) is 5. The smallest absolute Gasteiger partial charge is 0.337 e. The van der Waals surface area contributed by atoms with E-state index < -0.39 is 16.0 Å². The highest BCUT2D eigenvalue weighted by molar-refractivity contribution is 7.89. The first-order chi connectivity index (χ1) is 10.4. The van der Waals surface area contributed by atoms with Crippen LogP contribution in [0.25, 0.3) is 0 Å². The van der Waals surface area contributed by atoms with Crippen LogP contribution in [0, 0.1) is 0 Å². The fourth-order valence-electron chi connectivity index (χ4n) is 2.26. The van der Waals surface area contributed by atoms with Crippen LogP contribution in [-0.2, 0) is 19.5 Å². The minimum Gasteiger partial charge on any atom is -0.465 e. The van der Waals surface area contributed by atoms with Crippen LogP contribution >= 0.6 is 11.6 Å². The number of nitrogens with one attached hydrogen (secondary N) is 1. The number of ether oxygens (including phenoxy) is 2. The number of carbonyl (C=O) groups excluding carboxylic acids is 1. The minimum atomic E-state index is -3.79. The van der Waals surface area contributed by atoms with Crippen LogP contribution in [-0.4, -0.2) is 40.8 Å². The van der Waals surface area contributed by atoms with Gasteiger partial charge in [-0.25, -0.2) is 17.9 Å². The largest absolute Gasteiger partial charge is 0.465 e. The highest BCUT2D eigenvalue weighted by atomic mass is 35.5. The van der Waals surface area contributed by atoms with Gasteiger partial charge in [-0.15, -0.1) is 0 Å². The Morgan fingerprint density at radius 1 is 1.50 bits per heavy atom. The first-order valence-electron chi connectivity index (χ1n) is 6.93. The van der Waals surface area contributed by atoms with Crippen molar-refractivity contribution in [1.29, 1.82) is 0 Å². The number of esters is 1. The van der Waals surface area contributed by atoms with E-state index in [4.69, 9.17) is 16.3 Å². The Morgan fingerprint density at radius 3 is 2.91 bits per heavy atom. The molecule has 0 bridgehead atoms. The molecule has 6 nitrogen and oxygen atoms in total. The highest BCUT2D eigenvalue weighted by Gasteiger charge is 2.21. The lowest BCUT2D eigenvalue weighted by atomic mass is 10.2. The van der Waals surface area contributed by atoms with Crippen LogP contribution in [0.4, 0.5) is 0 Å². The van der Waals surface area contributed by atoms with Crippen molar-refractivity contribution < 1.29 is 22.7 Å². The minimum absolute atomic E-state index is 0.0530. The zero-order valence-electron chi connectivity index (χ0n) is 12.2. The second-order valence-corrected chi connectivity index (χ2v) is 7.10. The van der Waals surface area contributed by atoms with E-state index in [1.54, 1.807) is 0 Å². The standard InChI is InChI=1S/C14H18ClNO5S/c1-20-14(17)10-4-5-12(15)13(9-10)22(18,19)16-7-6-11-3-2-8-21-11/h4-5,9,11,16H,2-3,6-8H2,1H3/t11-/m0/s1. The predicted molar refractivity (Wildman–Crippen MR) is 81.6 cm³/mol. The molecule has 2 rings (SSSR count). The van der Waals surface area contributed by atoms with Gasteiger partial charge in [0.1, 0.15) is 4.90 Å². The van der Waals surface area contributed by atoms with Crippen LogP contribution in [0.15, 0.2) is 23.1 Å². The maximum absolute atomic E-state index is 12.3. The molecule has 0 saturated carbocycles. The van der Waals surface area contributed by atoms with E-state index in [0.29, 0.717) is 6.42 Å². The van der Waals surface area contributed by atoms with Gasteiger partial charge < -0.3 is 9.47 Å². The Balaban J connectivity index is 2.08. The van der Waals surface area contributed by atoms with Gasteiger partial charge in [0, 0.05) is 13.2 Å². The summed E-state index contributed by atoms with van der Waals surface area (Å²) in [6.07, 6.45) is 2.65. The summed E-state index contributed by atoms with van der Waals surface area (Å²) in [5, 5.41) is 0.0530. The molecule has 22 heavy (non-hydrogen) atoms. The van der Waals surface area contributed by atoms with Gasteiger partial charge in [-0.05, 0) is 37.5 Å². The van der Waals surface area contributed by atoms with Crippen molar-refractivity contribution >= 4 is 27.6 Å². The van der Waals surface area contributed by atoms with Gasteiger partial charge in [0.05, 0.1) is 23.8 Å². The van der Waals surface area contributed by atoms with Gasteiger partial charge in [-0.1, -0.05) is 11.6 Å². The van der Waals surface area contributed by atoms with Crippen LogP contribution in [0.2, 0.25) is 5.02 Å². The number of benzene rings is 1. The van der Waals surface area contributed by atoms with Gasteiger partial charge >= 0.3 is 5.97 Å². The third kappa shape index (κ3) is 4.19. The van der Waals surface area contributed by atoms with E-state index in [9.17, 15) is 13.2 Å². The van der Waals surface area contributed by atoms with Crippen molar-refractivity contribution in [2.75, 3.05) is 20.3 Å². The Kier molecular flexibility index (Phi) is 5.80. The summed E-state index contributed by atoms with van der Waals surface area (Å²) < 4.78 is 37.1. The average molecular weight is 348 g/mol. The summed E-state index contributed by atoms with van der Waals surface area (Å²) >= 11 is 5.94. The number of rotatable bonds is 6. The molecule has 1 saturated heterocycles. The highest BCUT2D eigenvalue weighted by Crippen LogP contribution is 2.23. The lowest BCUT2D eigenvalue weighted by Crippen LogP contribution is -2.27. The van der Waals surface area contributed by atoms with Crippen molar-refractivity contribution in [3.05, 3.63) is 28.8 Å². The van der Waals surface area contributed by atoms with Crippen molar-refractivity contribution in [2.45, 2.75) is 30.3 Å². The van der Waals surface area contributed by atoms with Gasteiger partial charge in [-0.3, -0.25) is 0 Å². The monoisotopic (exact) mass is 347 g/mol. The van der Waals surface area contributed by atoms with Gasteiger partial charge in [0.25, 0.3) is 0 Å². The molecule has 1 aromatic carbocycles. The molecule has 0 aromatic heterocycles. The number of halogens is 1. The lowest BCUT2D eigenvalue weighted by molar-refractivity contribution is 0.0600. The summed E-state index contributed by atoms with van der Waals surface area (Å²) in [4.78, 5) is 11.4. The Labute approximate surface area is 134 Å². The molecule has 0 radical (unpaired) electrons. The molecule has 1 aromatic rings. The van der Waals surface area contributed by atoms with Gasteiger partial charge in [0.2, 0.25) is 10.0 Å². The second-order valence-electron chi connectivity index (χ2n) is 4.96. The molecule has 1 aliphatic rings. The number of sulfonamides is 1. The fourth-order valence-corrected chi connectivity index (χ4v) is 3.83. The molecule has 0 unspecified atom stereocenters. The molecule has 0 aliphatic carbocycles. The molecular formula is C14H18ClNO5S. The SMILES string of the molecule is COC(=O)c1ccc(Cl)c(S(=O)(=O)NCC[C@@H]2CCCO2)c1. The van der Waals surface area contributed by atoms with Crippen LogP contribution in [0.5, 0.6) is 0 Å². The van der Waals surface area contributed by atoms with E-state index in [1.165, 1.54) is 25.3 Å². The molecule has 0 amide bonds. The van der Waals surface area contributed by atoms with Crippen LogP contribution in [0.3, 0.4) is 0 Å². The van der Waals surface area contributed by atoms with Gasteiger partial charge in [0.15, 0.2) is 0 Å². The molecule has 0 spiro atoms. The molecule has 1 fully saturated rings. The maximum Gasteiger partial charge on any atom is 0.337 e. The normalized spacial score (nSPS) is 18.4. The molecule has 122 valence electrons. The molecule has 1 atom stereocenters. The summed E-state index contributed by atoms with van der Waals surface area (Å²) in [5.41, 5.74) is 0.131. The van der Waals surface area contributed by atoms with Crippen LogP contribution < -0.4 is 4.72 Å². The molecule has 1 heterocycles. The molecule has 1 N–H and O–H groups in total. The van der Waals surface area contributed by atoms with E-state index >= 15 is 0 Å². The van der Waals surface area contributed by atoms with Crippen molar-refractivity contribution in [3.63, 3.8) is 0 Å². The first kappa shape index (κ1) is 17.2. The quantitative estimate of drug-likeness (QED) is 0.796. The molecular weight excluding hydrogens is 330 g/mol. The van der Waals surface area contributed by atoms with Crippen LogP contribution in [0.1, 0.15) is 29.6 Å². The van der Waals surface area contributed by atoms with E-state index in [-0.39, 0.29) is 28.1 Å². The number of methoxy groups -OCH3 is 1. The Bertz CT molecular complexity index is 641. The zero-order valence-corrected chi connectivity index (χ0v) is 13.7. The van der Waals surface area contributed by atoms with E-state index in [0.717, 1.165) is 19.4 Å². The third-order valence-electron chi connectivity index (χ3n) is 3.42. The lowest BCUT2D eigenvalue weighted by Gasteiger charge is -2.12. The van der Waals surface area contributed by atoms with E-state index in [2.05, 4.69) is 9.46 Å². The first-order valence-corrected chi connectivity index (χ1v) is 8.79. The Morgan fingerprint density at radius 2 is 2.27 bits per heavy atom. The zero-order chi connectivity index (χ0) is 16.2. The van der Waals surface area contributed by atoms with E-state index in [1.807, 2.05) is 0 Å². The van der Waals surface area contributed by atoms with Gasteiger partial charge in [-0.2, -0.15) is 0 Å². The van der Waals surface area contributed by atoms with Crippen molar-refractivity contribution in [2.24, 2.45) is 0 Å². The summed E-state index contributed by atoms with van der Waals surface area (Å²) in [6.45, 7) is 0.982. The Hall–Kier alpha value is -1.15. The summed E-state index contributed by atoms with van der Waals surface area (Å²) in [6, 6.07) is 3.99. The number of hydrogen-bond donors (Lipinski definition) is 1. The predicted octanol–water partition coefficient (Wildman–Crippen LogP) is 1.97. The average Bonchev–Trinajstić information content (AvgIpc) is 3.00. The summed E-state index contributed by atoms with van der Waals surface area (Å²) in [7, 11) is -2.57. The third-order valence-corrected chi connectivity index (χ3v) is 5.37. The number of carbonyl (C=O) groups is 1.